The molecule has 0 spiro atoms. The summed E-state index contributed by atoms with van der Waals surface area (Å²) in [6.45, 7) is 3.66. The van der Waals surface area contributed by atoms with Gasteiger partial charge in [-0.2, -0.15) is 13.2 Å². The fourth-order valence-electron chi connectivity index (χ4n) is 5.45. The van der Waals surface area contributed by atoms with Crippen LogP contribution in [0.5, 0.6) is 0 Å². The molecule has 1 aromatic carbocycles. The first kappa shape index (κ1) is 29.6. The van der Waals surface area contributed by atoms with Crippen LogP contribution in [-0.2, 0) is 11.0 Å². The number of pyridine rings is 1. The fraction of sp³-hybridized carbons (Fsp3) is 0.552. The number of amides is 2. The molecule has 1 aliphatic carbocycles. The van der Waals surface area contributed by atoms with Gasteiger partial charge in [0.05, 0.1) is 11.3 Å². The zero-order valence-corrected chi connectivity index (χ0v) is 23.4. The number of likely N-dealkylation sites (tertiary alicyclic amines) is 1. The molecule has 8 nitrogen and oxygen atoms in total. The maximum Gasteiger partial charge on any atom is 0.419 e. The Kier molecular flexibility index (Phi) is 9.55. The summed E-state index contributed by atoms with van der Waals surface area (Å²) in [5.41, 5.74) is 0.205. The van der Waals surface area contributed by atoms with E-state index in [2.05, 4.69) is 32.9 Å². The van der Waals surface area contributed by atoms with Crippen LogP contribution in [-0.4, -0.2) is 71.9 Å². The minimum absolute atomic E-state index is 0.0579. The van der Waals surface area contributed by atoms with Gasteiger partial charge in [0.2, 0.25) is 5.91 Å². The summed E-state index contributed by atoms with van der Waals surface area (Å²) in [6.07, 6.45) is 1.55. The number of hydrogen-bond donors (Lipinski definition) is 3. The molecule has 2 aromatic rings. The Labute approximate surface area is 233 Å². The van der Waals surface area contributed by atoms with Crippen molar-refractivity contribution < 1.29 is 22.8 Å². The second-order valence-corrected chi connectivity index (χ2v) is 10.8. The van der Waals surface area contributed by atoms with Crippen LogP contribution in [0.3, 0.4) is 0 Å². The van der Waals surface area contributed by atoms with Crippen LogP contribution in [0.2, 0.25) is 0 Å². The number of halogens is 3. The number of benzene rings is 1. The van der Waals surface area contributed by atoms with E-state index in [1.165, 1.54) is 6.07 Å². The first-order valence-electron chi connectivity index (χ1n) is 14.0. The maximum atomic E-state index is 13.9. The fourth-order valence-corrected chi connectivity index (χ4v) is 5.45. The summed E-state index contributed by atoms with van der Waals surface area (Å²) in [5, 5.41) is 9.07. The third-order valence-electron chi connectivity index (χ3n) is 7.94. The van der Waals surface area contributed by atoms with E-state index in [0.29, 0.717) is 30.5 Å². The first-order chi connectivity index (χ1) is 19.0. The monoisotopic (exact) mass is 560 g/mol. The molecule has 1 saturated heterocycles. The highest BCUT2D eigenvalue weighted by molar-refractivity contribution is 5.94. The van der Waals surface area contributed by atoms with E-state index in [1.54, 1.807) is 36.1 Å². The van der Waals surface area contributed by atoms with E-state index in [-0.39, 0.29) is 41.4 Å². The van der Waals surface area contributed by atoms with Gasteiger partial charge in [-0.05, 0) is 70.1 Å². The summed E-state index contributed by atoms with van der Waals surface area (Å²) in [4.78, 5) is 33.1. The van der Waals surface area contributed by atoms with Crippen molar-refractivity contribution in [3.8, 4) is 0 Å². The molecule has 1 saturated carbocycles. The summed E-state index contributed by atoms with van der Waals surface area (Å²) in [6, 6.07) is 7.84. The Balaban J connectivity index is 1.47. The topological polar surface area (TPSA) is 89.6 Å². The van der Waals surface area contributed by atoms with Gasteiger partial charge in [0, 0.05) is 55.1 Å². The normalized spacial score (nSPS) is 20.6. The summed E-state index contributed by atoms with van der Waals surface area (Å²) in [5.74, 6) is 0.0618. The number of carbonyl (C=O) groups excluding carboxylic acids is 2. The molecule has 40 heavy (non-hydrogen) atoms. The molecule has 2 heterocycles. The van der Waals surface area contributed by atoms with Crippen LogP contribution in [0, 0.1) is 0 Å². The molecule has 1 aliphatic heterocycles. The molecule has 218 valence electrons. The van der Waals surface area contributed by atoms with E-state index >= 15 is 0 Å². The largest absolute Gasteiger partial charge is 0.419 e. The number of hydrogen-bond acceptors (Lipinski definition) is 6. The molecular weight excluding hydrogens is 521 g/mol. The second-order valence-electron chi connectivity index (χ2n) is 10.8. The lowest BCUT2D eigenvalue weighted by Gasteiger charge is -2.35. The number of carbonyl (C=O) groups is 2. The molecule has 2 fully saturated rings. The number of alkyl halides is 3. The van der Waals surface area contributed by atoms with E-state index < -0.39 is 11.7 Å². The molecule has 3 N–H and O–H groups in total. The van der Waals surface area contributed by atoms with Crippen LogP contribution in [0.25, 0.3) is 0 Å². The van der Waals surface area contributed by atoms with Crippen molar-refractivity contribution in [2.45, 2.75) is 76.2 Å². The molecule has 0 radical (unpaired) electrons. The third-order valence-corrected chi connectivity index (χ3v) is 7.94. The number of piperidine rings is 1. The molecule has 4 rings (SSSR count). The Morgan fingerprint density at radius 2 is 1.70 bits per heavy atom. The van der Waals surface area contributed by atoms with Crippen LogP contribution in [0.15, 0.2) is 36.5 Å². The molecule has 0 bridgehead atoms. The van der Waals surface area contributed by atoms with Crippen molar-refractivity contribution in [1.82, 2.24) is 20.1 Å². The summed E-state index contributed by atoms with van der Waals surface area (Å²) >= 11 is 0. The van der Waals surface area contributed by atoms with E-state index in [0.717, 1.165) is 45.0 Å². The summed E-state index contributed by atoms with van der Waals surface area (Å²) < 4.78 is 41.6. The average Bonchev–Trinajstić information content (AvgIpc) is 2.93. The quantitative estimate of drug-likeness (QED) is 0.408. The predicted octanol–water partition coefficient (Wildman–Crippen LogP) is 5.26. The Morgan fingerprint density at radius 1 is 1.05 bits per heavy atom. The Hall–Kier alpha value is -3.34. The zero-order chi connectivity index (χ0) is 28.9. The minimum atomic E-state index is -4.59. The SMILES string of the molecule is CCC(=O)N[C@H]1CCCC[C@H]1Nc1cc(Nc2ccc(C(=O)N(C)C3CCN(C)CC3)cc2)ncc1C(F)(F)F. The van der Waals surface area contributed by atoms with Gasteiger partial charge in [-0.15, -0.1) is 0 Å². The van der Waals surface area contributed by atoms with Crippen molar-refractivity contribution in [3.05, 3.63) is 47.7 Å². The van der Waals surface area contributed by atoms with Gasteiger partial charge in [-0.25, -0.2) is 4.98 Å². The lowest BCUT2D eigenvalue weighted by atomic mass is 9.89. The summed E-state index contributed by atoms with van der Waals surface area (Å²) in [7, 11) is 3.91. The smallest absolute Gasteiger partial charge is 0.380 e. The maximum absolute atomic E-state index is 13.9. The van der Waals surface area contributed by atoms with Gasteiger partial charge in [-0.1, -0.05) is 19.8 Å². The van der Waals surface area contributed by atoms with E-state index in [4.69, 9.17) is 0 Å². The minimum Gasteiger partial charge on any atom is -0.380 e. The highest BCUT2D eigenvalue weighted by atomic mass is 19.4. The first-order valence-corrected chi connectivity index (χ1v) is 14.0. The highest BCUT2D eigenvalue weighted by Gasteiger charge is 2.36. The number of rotatable bonds is 8. The van der Waals surface area contributed by atoms with Crippen molar-refractivity contribution in [2.24, 2.45) is 0 Å². The molecule has 2 amide bonds. The Bertz CT molecular complexity index is 1170. The molecule has 1 aromatic heterocycles. The zero-order valence-electron chi connectivity index (χ0n) is 23.4. The number of aromatic nitrogens is 1. The van der Waals surface area contributed by atoms with Crippen LogP contribution < -0.4 is 16.0 Å². The lowest BCUT2D eigenvalue weighted by molar-refractivity contribution is -0.137. The standard InChI is InChI=1S/C29H39F3N6O2/c1-4-27(39)36-24-8-6-5-7-23(24)35-25-17-26(33-18-22(25)29(30,31)32)34-20-11-9-19(10-12-20)28(40)38(3)21-13-15-37(2)16-14-21/h9-12,17-18,21,23-24H,4-8,13-16H2,1-3H3,(H,36,39)(H2,33,34,35)/t23-,24+/m1/s1. The molecule has 2 atom stereocenters. The van der Waals surface area contributed by atoms with Gasteiger partial charge >= 0.3 is 6.18 Å². The van der Waals surface area contributed by atoms with Gasteiger partial charge in [0.15, 0.2) is 0 Å². The Morgan fingerprint density at radius 3 is 2.33 bits per heavy atom. The average molecular weight is 561 g/mol. The highest BCUT2D eigenvalue weighted by Crippen LogP contribution is 2.37. The van der Waals surface area contributed by atoms with Crippen LogP contribution in [0.4, 0.5) is 30.4 Å². The number of nitrogens with zero attached hydrogens (tertiary/aromatic N) is 3. The van der Waals surface area contributed by atoms with Crippen LogP contribution >= 0.6 is 0 Å². The van der Waals surface area contributed by atoms with Crippen molar-refractivity contribution in [2.75, 3.05) is 37.8 Å². The van der Waals surface area contributed by atoms with E-state index in [9.17, 15) is 22.8 Å². The second kappa shape index (κ2) is 12.9. The van der Waals surface area contributed by atoms with Gasteiger partial charge in [0.25, 0.3) is 5.91 Å². The molecular formula is C29H39F3N6O2. The number of anilines is 3. The molecule has 0 unspecified atom stereocenters. The van der Waals surface area contributed by atoms with Gasteiger partial charge < -0.3 is 25.8 Å². The third kappa shape index (κ3) is 7.44. The van der Waals surface area contributed by atoms with Crippen LogP contribution in [0.1, 0.15) is 67.8 Å². The van der Waals surface area contributed by atoms with Crippen molar-refractivity contribution in [3.63, 3.8) is 0 Å². The molecule has 2 aliphatic rings. The predicted molar refractivity (Wildman–Crippen MR) is 150 cm³/mol. The van der Waals surface area contributed by atoms with Gasteiger partial charge in [0.1, 0.15) is 5.82 Å². The van der Waals surface area contributed by atoms with Crippen molar-refractivity contribution >= 4 is 29.0 Å². The van der Waals surface area contributed by atoms with Crippen molar-refractivity contribution in [1.29, 1.82) is 0 Å². The van der Waals surface area contributed by atoms with E-state index in [1.807, 2.05) is 7.05 Å². The number of nitrogens with one attached hydrogen (secondary N) is 3. The van der Waals surface area contributed by atoms with Gasteiger partial charge in [-0.3, -0.25) is 9.59 Å². The molecule has 11 heteroatoms. The lowest BCUT2D eigenvalue weighted by Crippen LogP contribution is -2.48.